The topological polar surface area (TPSA) is 23.1 Å². The normalized spacial score (nSPS) is 10.7. The van der Waals surface area contributed by atoms with Gasteiger partial charge in [-0.2, -0.15) is 0 Å². The maximum Gasteiger partial charge on any atom is 0.0834 e. The molecule has 0 aliphatic carbocycles. The lowest BCUT2D eigenvalue weighted by Gasteiger charge is -2.13. The van der Waals surface area contributed by atoms with Crippen LogP contribution in [-0.2, 0) is 5.11 Å². The van der Waals surface area contributed by atoms with E-state index in [-0.39, 0.29) is 6.61 Å². The van der Waals surface area contributed by atoms with Crippen LogP contribution in [0.1, 0.15) is 19.8 Å². The van der Waals surface area contributed by atoms with Gasteiger partial charge in [0.2, 0.25) is 0 Å². The summed E-state index contributed by atoms with van der Waals surface area (Å²) in [4.78, 5) is 2.19. The molecule has 2 nitrogen and oxygen atoms in total. The van der Waals surface area contributed by atoms with Gasteiger partial charge in [0.25, 0.3) is 0 Å². The van der Waals surface area contributed by atoms with Crippen molar-refractivity contribution < 1.29 is 5.11 Å². The first-order valence-corrected chi connectivity index (χ1v) is 3.58. The molecule has 0 aliphatic heterocycles. The molecule has 1 radical (unpaired) electrons. The highest BCUT2D eigenvalue weighted by molar-refractivity contribution is 4.47. The Kier molecular flexibility index (Phi) is 5.99. The second-order valence-electron chi connectivity index (χ2n) is 2.36. The lowest BCUT2D eigenvalue weighted by atomic mass is 10.4. The van der Waals surface area contributed by atoms with Crippen molar-refractivity contribution in [3.05, 3.63) is 0 Å². The SMILES string of the molecule is CCCN(C)CCC[O]. The zero-order chi connectivity index (χ0) is 7.11. The van der Waals surface area contributed by atoms with E-state index < -0.39 is 0 Å². The summed E-state index contributed by atoms with van der Waals surface area (Å²) in [5.41, 5.74) is 0. The second-order valence-corrected chi connectivity index (χ2v) is 2.36. The van der Waals surface area contributed by atoms with E-state index in [0.29, 0.717) is 0 Å². The molecule has 0 saturated heterocycles. The molecule has 2 heteroatoms. The summed E-state index contributed by atoms with van der Waals surface area (Å²) in [5.74, 6) is 0. The van der Waals surface area contributed by atoms with Crippen LogP contribution in [0.2, 0.25) is 0 Å². The third kappa shape index (κ3) is 5.80. The molecular weight excluding hydrogens is 114 g/mol. The highest BCUT2D eigenvalue weighted by Crippen LogP contribution is 1.87. The summed E-state index contributed by atoms with van der Waals surface area (Å²) < 4.78 is 0. The molecule has 0 unspecified atom stereocenters. The fraction of sp³-hybridized carbons (Fsp3) is 1.00. The van der Waals surface area contributed by atoms with Crippen molar-refractivity contribution in [3.63, 3.8) is 0 Å². The number of hydrogen-bond acceptors (Lipinski definition) is 1. The van der Waals surface area contributed by atoms with Gasteiger partial charge in [-0.05, 0) is 26.4 Å². The second kappa shape index (κ2) is 6.05. The van der Waals surface area contributed by atoms with Gasteiger partial charge in [-0.3, -0.25) is 0 Å². The molecule has 0 heterocycles. The minimum Gasteiger partial charge on any atom is -0.306 e. The Labute approximate surface area is 57.5 Å². The van der Waals surface area contributed by atoms with Gasteiger partial charge in [0.15, 0.2) is 0 Å². The highest BCUT2D eigenvalue weighted by atomic mass is 16.3. The quantitative estimate of drug-likeness (QED) is 0.547. The molecule has 0 rings (SSSR count). The molecule has 0 saturated carbocycles. The van der Waals surface area contributed by atoms with E-state index in [4.69, 9.17) is 0 Å². The highest BCUT2D eigenvalue weighted by Gasteiger charge is 1.93. The summed E-state index contributed by atoms with van der Waals surface area (Å²) in [5, 5.41) is 10.0. The number of rotatable bonds is 5. The van der Waals surface area contributed by atoms with Crippen molar-refractivity contribution in [2.24, 2.45) is 0 Å². The lowest BCUT2D eigenvalue weighted by molar-refractivity contribution is 0.173. The van der Waals surface area contributed by atoms with Crippen LogP contribution in [0, 0.1) is 0 Å². The Balaban J connectivity index is 2.95. The fourth-order valence-electron chi connectivity index (χ4n) is 0.828. The van der Waals surface area contributed by atoms with Gasteiger partial charge in [0, 0.05) is 6.54 Å². The Bertz CT molecular complexity index is 56.9. The van der Waals surface area contributed by atoms with Crippen molar-refractivity contribution in [2.45, 2.75) is 19.8 Å². The van der Waals surface area contributed by atoms with E-state index in [9.17, 15) is 5.11 Å². The first-order chi connectivity index (χ1) is 4.31. The minimum atomic E-state index is 0.0635. The molecule has 0 bridgehead atoms. The molecule has 0 fully saturated rings. The van der Waals surface area contributed by atoms with Crippen LogP contribution >= 0.6 is 0 Å². The Morgan fingerprint density at radius 2 is 2.00 bits per heavy atom. The van der Waals surface area contributed by atoms with Crippen LogP contribution in [-0.4, -0.2) is 31.6 Å². The van der Waals surface area contributed by atoms with Crippen molar-refractivity contribution in [1.29, 1.82) is 0 Å². The first kappa shape index (κ1) is 8.92. The fourth-order valence-corrected chi connectivity index (χ4v) is 0.828. The molecule has 0 N–H and O–H groups in total. The van der Waals surface area contributed by atoms with Crippen LogP contribution in [0.5, 0.6) is 0 Å². The third-order valence-corrected chi connectivity index (χ3v) is 1.29. The molecule has 9 heavy (non-hydrogen) atoms. The predicted molar refractivity (Wildman–Crippen MR) is 38.0 cm³/mol. The van der Waals surface area contributed by atoms with Crippen LogP contribution in [0.4, 0.5) is 0 Å². The van der Waals surface area contributed by atoms with Gasteiger partial charge in [0.1, 0.15) is 0 Å². The largest absolute Gasteiger partial charge is 0.306 e. The lowest BCUT2D eigenvalue weighted by Crippen LogP contribution is -2.20. The van der Waals surface area contributed by atoms with Crippen LogP contribution in [0.3, 0.4) is 0 Å². The maximum absolute atomic E-state index is 10.0. The summed E-state index contributed by atoms with van der Waals surface area (Å²) in [7, 11) is 2.05. The van der Waals surface area contributed by atoms with E-state index in [2.05, 4.69) is 18.9 Å². The molecule has 0 amide bonds. The van der Waals surface area contributed by atoms with Crippen LogP contribution < -0.4 is 0 Å². The van der Waals surface area contributed by atoms with E-state index in [1.54, 1.807) is 0 Å². The Hall–Kier alpha value is -0.0800. The average Bonchev–Trinajstić information content (AvgIpc) is 1.85. The summed E-state index contributed by atoms with van der Waals surface area (Å²) in [6.45, 7) is 4.28. The van der Waals surface area contributed by atoms with Gasteiger partial charge in [0.05, 0.1) is 6.61 Å². The molecule has 0 atom stereocenters. The summed E-state index contributed by atoms with van der Waals surface area (Å²) >= 11 is 0. The molecule has 0 aromatic heterocycles. The van der Waals surface area contributed by atoms with E-state index >= 15 is 0 Å². The van der Waals surface area contributed by atoms with Gasteiger partial charge < -0.3 is 4.90 Å². The van der Waals surface area contributed by atoms with Gasteiger partial charge >= 0.3 is 0 Å². The van der Waals surface area contributed by atoms with Crippen molar-refractivity contribution in [1.82, 2.24) is 4.90 Å². The van der Waals surface area contributed by atoms with E-state index in [1.807, 2.05) is 0 Å². The zero-order valence-electron chi connectivity index (χ0n) is 6.39. The number of hydrogen-bond donors (Lipinski definition) is 0. The first-order valence-electron chi connectivity index (χ1n) is 3.58. The van der Waals surface area contributed by atoms with E-state index in [0.717, 1.165) is 19.5 Å². The summed E-state index contributed by atoms with van der Waals surface area (Å²) in [6, 6.07) is 0. The smallest absolute Gasteiger partial charge is 0.0834 e. The van der Waals surface area contributed by atoms with E-state index in [1.165, 1.54) is 6.42 Å². The predicted octanol–water partition coefficient (Wildman–Crippen LogP) is 1.15. The average molecular weight is 130 g/mol. The Morgan fingerprint density at radius 1 is 1.33 bits per heavy atom. The molecule has 0 aromatic rings. The maximum atomic E-state index is 10.0. The minimum absolute atomic E-state index is 0.0635. The third-order valence-electron chi connectivity index (χ3n) is 1.29. The molecule has 0 aliphatic rings. The van der Waals surface area contributed by atoms with Gasteiger partial charge in [-0.15, -0.1) is 0 Å². The summed E-state index contributed by atoms with van der Waals surface area (Å²) in [6.07, 6.45) is 1.96. The van der Waals surface area contributed by atoms with Crippen molar-refractivity contribution >= 4 is 0 Å². The van der Waals surface area contributed by atoms with Crippen molar-refractivity contribution in [3.8, 4) is 0 Å². The molecule has 0 aromatic carbocycles. The molecular formula is C7H16NO. The van der Waals surface area contributed by atoms with Crippen LogP contribution in [0.15, 0.2) is 0 Å². The monoisotopic (exact) mass is 130 g/mol. The van der Waals surface area contributed by atoms with Gasteiger partial charge in [-0.1, -0.05) is 6.92 Å². The molecule has 0 spiro atoms. The van der Waals surface area contributed by atoms with Gasteiger partial charge in [-0.25, -0.2) is 5.11 Å². The number of nitrogens with zero attached hydrogens (tertiary/aromatic N) is 1. The van der Waals surface area contributed by atoms with Crippen molar-refractivity contribution in [2.75, 3.05) is 26.7 Å². The zero-order valence-corrected chi connectivity index (χ0v) is 6.39. The van der Waals surface area contributed by atoms with Crippen LogP contribution in [0.25, 0.3) is 0 Å². The molecule has 55 valence electrons. The standard InChI is InChI=1S/C7H16NO/c1-3-5-8(2)6-4-7-9/h3-7H2,1-2H3. The Morgan fingerprint density at radius 3 is 2.44 bits per heavy atom.